The van der Waals surface area contributed by atoms with Gasteiger partial charge in [-0.2, -0.15) is 5.10 Å². The van der Waals surface area contributed by atoms with Crippen LogP contribution in [0.25, 0.3) is 5.69 Å². The van der Waals surface area contributed by atoms with Gasteiger partial charge >= 0.3 is 5.97 Å². The molecule has 0 aliphatic rings. The van der Waals surface area contributed by atoms with Crippen LogP contribution in [0.1, 0.15) is 29.4 Å². The van der Waals surface area contributed by atoms with Crippen molar-refractivity contribution in [1.29, 1.82) is 0 Å². The molecular formula is C24H27N3O4. The van der Waals surface area contributed by atoms with E-state index < -0.39 is 18.5 Å². The molecule has 0 spiro atoms. The zero-order chi connectivity index (χ0) is 22.4. The minimum atomic E-state index is -0.612. The first-order valence-electron chi connectivity index (χ1n) is 10.2. The number of nitrogens with one attached hydrogen (secondary N) is 1. The van der Waals surface area contributed by atoms with Crippen LogP contribution in [0.15, 0.2) is 48.5 Å². The summed E-state index contributed by atoms with van der Waals surface area (Å²) < 4.78 is 12.2. The summed E-state index contributed by atoms with van der Waals surface area (Å²) in [7, 11) is 0. The molecule has 0 unspecified atom stereocenters. The van der Waals surface area contributed by atoms with Crippen molar-refractivity contribution >= 4 is 17.6 Å². The molecular weight excluding hydrogens is 394 g/mol. The lowest BCUT2D eigenvalue weighted by atomic mass is 10.2. The van der Waals surface area contributed by atoms with Crippen molar-refractivity contribution in [3.8, 4) is 11.4 Å². The Morgan fingerprint density at radius 3 is 2.29 bits per heavy atom. The average Bonchev–Trinajstić information content (AvgIpc) is 3.05. The van der Waals surface area contributed by atoms with Crippen LogP contribution in [-0.4, -0.2) is 34.9 Å². The Bertz CT molecular complexity index is 1050. The summed E-state index contributed by atoms with van der Waals surface area (Å²) in [6, 6.07) is 15.4. The number of amides is 1. The molecule has 31 heavy (non-hydrogen) atoms. The molecule has 0 radical (unpaired) electrons. The van der Waals surface area contributed by atoms with Crippen LogP contribution in [0.5, 0.6) is 5.75 Å². The van der Waals surface area contributed by atoms with Crippen molar-refractivity contribution in [2.45, 2.75) is 34.1 Å². The van der Waals surface area contributed by atoms with Crippen LogP contribution in [0.4, 0.5) is 5.69 Å². The predicted octanol–water partition coefficient (Wildman–Crippen LogP) is 3.92. The van der Waals surface area contributed by atoms with Gasteiger partial charge in [0.2, 0.25) is 0 Å². The quantitative estimate of drug-likeness (QED) is 0.558. The first-order chi connectivity index (χ1) is 14.9. The van der Waals surface area contributed by atoms with Crippen molar-refractivity contribution < 1.29 is 19.1 Å². The molecule has 7 nitrogen and oxygen atoms in total. The number of aromatic nitrogens is 2. The average molecular weight is 421 g/mol. The van der Waals surface area contributed by atoms with E-state index in [1.807, 2.05) is 57.2 Å². The predicted molar refractivity (Wildman–Crippen MR) is 119 cm³/mol. The van der Waals surface area contributed by atoms with Crippen LogP contribution < -0.4 is 10.1 Å². The maximum absolute atomic E-state index is 12.3. The summed E-state index contributed by atoms with van der Waals surface area (Å²) in [6.45, 7) is 7.11. The number of aryl methyl sites for hydroxylation is 3. The van der Waals surface area contributed by atoms with Gasteiger partial charge in [0.25, 0.3) is 5.91 Å². The molecule has 0 saturated carbocycles. The van der Waals surface area contributed by atoms with Gasteiger partial charge in [0.1, 0.15) is 5.75 Å². The Morgan fingerprint density at radius 1 is 0.968 bits per heavy atom. The minimum Gasteiger partial charge on any atom is -0.482 e. The van der Waals surface area contributed by atoms with Crippen LogP contribution in [0.3, 0.4) is 0 Å². The maximum Gasteiger partial charge on any atom is 0.344 e. The first kappa shape index (κ1) is 22.1. The van der Waals surface area contributed by atoms with E-state index in [0.29, 0.717) is 17.1 Å². The number of rotatable bonds is 8. The molecule has 1 heterocycles. The summed E-state index contributed by atoms with van der Waals surface area (Å²) in [6.07, 6.45) is 0.931. The van der Waals surface area contributed by atoms with Crippen molar-refractivity contribution in [3.63, 3.8) is 0 Å². The van der Waals surface area contributed by atoms with Crippen molar-refractivity contribution in [1.82, 2.24) is 9.78 Å². The van der Waals surface area contributed by atoms with Crippen LogP contribution in [0.2, 0.25) is 0 Å². The zero-order valence-electron chi connectivity index (χ0n) is 18.3. The molecule has 3 aromatic rings. The summed E-state index contributed by atoms with van der Waals surface area (Å²) in [5.41, 5.74) is 5.32. The summed E-state index contributed by atoms with van der Waals surface area (Å²) in [5, 5.41) is 7.29. The molecule has 162 valence electrons. The number of ether oxygens (including phenoxy) is 2. The molecule has 1 aromatic heterocycles. The molecule has 0 aliphatic carbocycles. The fraction of sp³-hybridized carbons (Fsp3) is 0.292. The van der Waals surface area contributed by atoms with Gasteiger partial charge < -0.3 is 14.8 Å². The van der Waals surface area contributed by atoms with E-state index >= 15 is 0 Å². The normalized spacial score (nSPS) is 10.6. The molecule has 0 bridgehead atoms. The smallest absolute Gasteiger partial charge is 0.344 e. The fourth-order valence-corrected chi connectivity index (χ4v) is 3.09. The lowest BCUT2D eigenvalue weighted by molar-refractivity contribution is -0.149. The number of esters is 1. The van der Waals surface area contributed by atoms with Gasteiger partial charge in [0.15, 0.2) is 13.2 Å². The van der Waals surface area contributed by atoms with Gasteiger partial charge in [0.05, 0.1) is 22.8 Å². The van der Waals surface area contributed by atoms with Crippen molar-refractivity contribution in [2.24, 2.45) is 0 Å². The second-order valence-corrected chi connectivity index (χ2v) is 7.29. The van der Waals surface area contributed by atoms with Crippen LogP contribution >= 0.6 is 0 Å². The number of benzene rings is 2. The van der Waals surface area contributed by atoms with Gasteiger partial charge in [-0.25, -0.2) is 9.48 Å². The zero-order valence-corrected chi connectivity index (χ0v) is 18.3. The Balaban J connectivity index is 1.52. The minimum absolute atomic E-state index is 0.262. The summed E-state index contributed by atoms with van der Waals surface area (Å²) in [5.74, 6) is -0.470. The lowest BCUT2D eigenvalue weighted by Gasteiger charge is -2.09. The van der Waals surface area contributed by atoms with Crippen molar-refractivity contribution in [3.05, 3.63) is 71.0 Å². The van der Waals surface area contributed by atoms with E-state index in [9.17, 15) is 9.59 Å². The molecule has 0 aliphatic heterocycles. The highest BCUT2D eigenvalue weighted by atomic mass is 16.6. The highest BCUT2D eigenvalue weighted by Gasteiger charge is 2.16. The number of hydrogen-bond acceptors (Lipinski definition) is 5. The maximum atomic E-state index is 12.3. The van der Waals surface area contributed by atoms with Gasteiger partial charge in [-0.1, -0.05) is 36.8 Å². The van der Waals surface area contributed by atoms with Crippen LogP contribution in [-0.2, 0) is 20.7 Å². The number of hydrogen-bond donors (Lipinski definition) is 1. The number of nitrogens with zero attached hydrogens (tertiary/aromatic N) is 2. The third kappa shape index (κ3) is 5.72. The first-order valence-corrected chi connectivity index (χ1v) is 10.2. The third-order valence-electron chi connectivity index (χ3n) is 4.89. The largest absolute Gasteiger partial charge is 0.482 e. The van der Waals surface area contributed by atoms with Gasteiger partial charge in [-0.05, 0) is 57.0 Å². The summed E-state index contributed by atoms with van der Waals surface area (Å²) >= 11 is 0. The summed E-state index contributed by atoms with van der Waals surface area (Å²) in [4.78, 5) is 24.2. The van der Waals surface area contributed by atoms with E-state index in [0.717, 1.165) is 23.4 Å². The van der Waals surface area contributed by atoms with Crippen molar-refractivity contribution in [2.75, 3.05) is 18.5 Å². The molecule has 1 N–H and O–H groups in total. The Labute approximate surface area is 182 Å². The molecule has 3 rings (SSSR count). The second kappa shape index (κ2) is 9.93. The Morgan fingerprint density at radius 2 is 1.65 bits per heavy atom. The van der Waals surface area contributed by atoms with Gasteiger partial charge in [-0.3, -0.25) is 4.79 Å². The molecule has 0 fully saturated rings. The topological polar surface area (TPSA) is 82.4 Å². The third-order valence-corrected chi connectivity index (χ3v) is 4.89. The Hall–Kier alpha value is -3.61. The highest BCUT2D eigenvalue weighted by Crippen LogP contribution is 2.23. The second-order valence-electron chi connectivity index (χ2n) is 7.29. The highest BCUT2D eigenvalue weighted by molar-refractivity contribution is 5.94. The van der Waals surface area contributed by atoms with E-state index in [4.69, 9.17) is 9.47 Å². The number of carbonyl (C=O) groups excluding carboxylic acids is 2. The van der Waals surface area contributed by atoms with Gasteiger partial charge in [0, 0.05) is 0 Å². The molecule has 1 amide bonds. The molecule has 0 atom stereocenters. The van der Waals surface area contributed by atoms with E-state index in [1.54, 1.807) is 16.8 Å². The van der Waals surface area contributed by atoms with E-state index in [2.05, 4.69) is 17.3 Å². The lowest BCUT2D eigenvalue weighted by Crippen LogP contribution is -2.24. The fourth-order valence-electron chi connectivity index (χ4n) is 3.09. The Kier molecular flexibility index (Phi) is 7.07. The van der Waals surface area contributed by atoms with Gasteiger partial charge in [-0.15, -0.1) is 0 Å². The number of carbonyl (C=O) groups is 2. The van der Waals surface area contributed by atoms with E-state index in [1.165, 1.54) is 5.56 Å². The number of anilines is 1. The molecule has 2 aromatic carbocycles. The van der Waals surface area contributed by atoms with E-state index in [-0.39, 0.29) is 6.61 Å². The van der Waals surface area contributed by atoms with Crippen LogP contribution in [0, 0.1) is 20.8 Å². The standard InChI is InChI=1S/C24H27N3O4/c1-5-19-8-12-21(13-9-19)30-15-23(29)31-14-22(28)25-24-17(3)26-27(18(24)4)20-10-6-16(2)7-11-20/h6-13H,5,14-15H2,1-4H3,(H,25,28). The molecule has 7 heteroatoms. The molecule has 0 saturated heterocycles. The SMILES string of the molecule is CCc1ccc(OCC(=O)OCC(=O)Nc2c(C)nn(-c3ccc(C)cc3)c2C)cc1. The monoisotopic (exact) mass is 421 g/mol.